The molecule has 0 saturated carbocycles. The molecule has 0 aliphatic rings. The minimum atomic E-state index is -0.202. The Kier molecular flexibility index (Phi) is 3.50. The van der Waals surface area contributed by atoms with E-state index in [0.717, 1.165) is 16.8 Å². The van der Waals surface area contributed by atoms with E-state index < -0.39 is 0 Å². The fraction of sp³-hybridized carbons (Fsp3) is 0.188. The first-order chi connectivity index (χ1) is 10.5. The molecule has 3 aromatic rings. The lowest BCUT2D eigenvalue weighted by atomic mass is 10.1. The summed E-state index contributed by atoms with van der Waals surface area (Å²) in [5.74, 6) is 0.346. The number of nitrogens with zero attached hydrogens (tertiary/aromatic N) is 3. The summed E-state index contributed by atoms with van der Waals surface area (Å²) in [6.07, 6.45) is 4.80. The monoisotopic (exact) mass is 296 g/mol. The molecule has 1 aromatic carbocycles. The Hall–Kier alpha value is -2.89. The van der Waals surface area contributed by atoms with Crippen molar-refractivity contribution in [2.75, 3.05) is 5.32 Å². The molecule has 0 unspecified atom stereocenters. The minimum absolute atomic E-state index is 0.202. The number of oxazole rings is 1. The number of aromatic nitrogens is 3. The maximum Gasteiger partial charge on any atom is 0.258 e. The van der Waals surface area contributed by atoms with E-state index in [0.29, 0.717) is 17.1 Å². The number of benzene rings is 1. The molecule has 3 rings (SSSR count). The van der Waals surface area contributed by atoms with Gasteiger partial charge in [0, 0.05) is 24.5 Å². The normalized spacial score (nSPS) is 10.7. The van der Waals surface area contributed by atoms with Crippen molar-refractivity contribution in [1.29, 1.82) is 0 Å². The molecule has 0 aliphatic heterocycles. The summed E-state index contributed by atoms with van der Waals surface area (Å²) in [5, 5.41) is 6.85. The van der Waals surface area contributed by atoms with Gasteiger partial charge in [0.2, 0.25) is 5.89 Å². The number of nitrogens with one attached hydrogen (secondary N) is 1. The highest BCUT2D eigenvalue weighted by Crippen LogP contribution is 2.26. The van der Waals surface area contributed by atoms with Gasteiger partial charge in [-0.3, -0.25) is 9.48 Å². The first-order valence-electron chi connectivity index (χ1n) is 6.86. The Bertz CT molecular complexity index is 832. The zero-order valence-electron chi connectivity index (χ0n) is 12.6. The van der Waals surface area contributed by atoms with Crippen LogP contribution in [0.3, 0.4) is 0 Å². The number of hydrogen-bond donors (Lipinski definition) is 1. The molecule has 6 heteroatoms. The number of aryl methyl sites for hydroxylation is 3. The van der Waals surface area contributed by atoms with Crippen molar-refractivity contribution in [3.63, 3.8) is 0 Å². The molecule has 2 heterocycles. The van der Waals surface area contributed by atoms with Crippen LogP contribution in [0.4, 0.5) is 5.69 Å². The molecule has 0 aliphatic carbocycles. The van der Waals surface area contributed by atoms with Gasteiger partial charge in [-0.15, -0.1) is 0 Å². The lowest BCUT2D eigenvalue weighted by Gasteiger charge is -2.07. The van der Waals surface area contributed by atoms with Gasteiger partial charge in [-0.25, -0.2) is 4.98 Å². The molecule has 1 amide bonds. The summed E-state index contributed by atoms with van der Waals surface area (Å²) < 4.78 is 7.03. The Morgan fingerprint density at radius 2 is 2.14 bits per heavy atom. The summed E-state index contributed by atoms with van der Waals surface area (Å²) in [4.78, 5) is 16.5. The summed E-state index contributed by atoms with van der Waals surface area (Å²) >= 11 is 0. The third kappa shape index (κ3) is 2.76. The molecule has 0 saturated heterocycles. The second kappa shape index (κ2) is 5.48. The Balaban J connectivity index is 1.87. The van der Waals surface area contributed by atoms with Crippen LogP contribution in [0.2, 0.25) is 0 Å². The van der Waals surface area contributed by atoms with Crippen LogP contribution in [-0.2, 0) is 7.05 Å². The van der Waals surface area contributed by atoms with Gasteiger partial charge < -0.3 is 9.73 Å². The lowest BCUT2D eigenvalue weighted by molar-refractivity contribution is 0.102. The van der Waals surface area contributed by atoms with Crippen molar-refractivity contribution in [3.05, 3.63) is 53.7 Å². The van der Waals surface area contributed by atoms with E-state index in [-0.39, 0.29) is 5.91 Å². The predicted octanol–water partition coefficient (Wildman–Crippen LogP) is 2.94. The van der Waals surface area contributed by atoms with Gasteiger partial charge in [-0.2, -0.15) is 5.10 Å². The average molecular weight is 296 g/mol. The minimum Gasteiger partial charge on any atom is -0.444 e. The summed E-state index contributed by atoms with van der Waals surface area (Å²) in [7, 11) is 1.77. The van der Waals surface area contributed by atoms with Crippen molar-refractivity contribution < 1.29 is 9.21 Å². The molecular formula is C16H16N4O2. The first kappa shape index (κ1) is 14.1. The van der Waals surface area contributed by atoms with E-state index >= 15 is 0 Å². The molecule has 6 nitrogen and oxygen atoms in total. The van der Waals surface area contributed by atoms with Gasteiger partial charge in [-0.1, -0.05) is 6.07 Å². The number of carbonyl (C=O) groups excluding carboxylic acids is 1. The van der Waals surface area contributed by atoms with E-state index in [1.165, 1.54) is 6.20 Å². The van der Waals surface area contributed by atoms with Crippen LogP contribution in [0.5, 0.6) is 0 Å². The standard InChI is InChI=1S/C16H16N4O2/c1-10-4-5-13(6-14(10)16-18-11(2)9-22-16)19-15(21)12-7-17-20(3)8-12/h4-9H,1-3H3,(H,19,21). The van der Waals surface area contributed by atoms with Crippen molar-refractivity contribution in [2.24, 2.45) is 7.05 Å². The largest absolute Gasteiger partial charge is 0.444 e. The molecule has 0 spiro atoms. The fourth-order valence-electron chi connectivity index (χ4n) is 2.15. The van der Waals surface area contributed by atoms with Gasteiger partial charge in [0.25, 0.3) is 5.91 Å². The van der Waals surface area contributed by atoms with E-state index in [2.05, 4.69) is 15.4 Å². The van der Waals surface area contributed by atoms with Crippen LogP contribution in [0.15, 0.2) is 41.3 Å². The topological polar surface area (TPSA) is 73.0 Å². The van der Waals surface area contributed by atoms with Crippen LogP contribution >= 0.6 is 0 Å². The van der Waals surface area contributed by atoms with E-state index in [9.17, 15) is 4.79 Å². The molecule has 0 fully saturated rings. The van der Waals surface area contributed by atoms with Crippen molar-refractivity contribution >= 4 is 11.6 Å². The number of amides is 1. The van der Waals surface area contributed by atoms with Crippen molar-refractivity contribution in [2.45, 2.75) is 13.8 Å². The molecule has 0 radical (unpaired) electrons. The summed E-state index contributed by atoms with van der Waals surface area (Å²) in [5.41, 5.74) is 3.90. The lowest BCUT2D eigenvalue weighted by Crippen LogP contribution is -2.11. The number of hydrogen-bond acceptors (Lipinski definition) is 4. The van der Waals surface area contributed by atoms with E-state index in [1.54, 1.807) is 24.2 Å². The fourth-order valence-corrected chi connectivity index (χ4v) is 2.15. The summed E-state index contributed by atoms with van der Waals surface area (Å²) in [6.45, 7) is 3.85. The van der Waals surface area contributed by atoms with Crippen LogP contribution < -0.4 is 5.32 Å². The second-order valence-corrected chi connectivity index (χ2v) is 5.18. The van der Waals surface area contributed by atoms with Gasteiger partial charge in [-0.05, 0) is 31.5 Å². The number of carbonyl (C=O) groups is 1. The third-order valence-corrected chi connectivity index (χ3v) is 3.31. The molecule has 0 bridgehead atoms. The maximum absolute atomic E-state index is 12.2. The van der Waals surface area contributed by atoms with Crippen LogP contribution in [0, 0.1) is 13.8 Å². The van der Waals surface area contributed by atoms with Crippen molar-refractivity contribution in [3.8, 4) is 11.5 Å². The average Bonchev–Trinajstić information content (AvgIpc) is 3.10. The smallest absolute Gasteiger partial charge is 0.258 e. The number of rotatable bonds is 3. The zero-order chi connectivity index (χ0) is 15.7. The molecule has 22 heavy (non-hydrogen) atoms. The van der Waals surface area contributed by atoms with Gasteiger partial charge in [0.1, 0.15) is 6.26 Å². The number of anilines is 1. The zero-order valence-corrected chi connectivity index (χ0v) is 12.6. The molecule has 2 aromatic heterocycles. The van der Waals surface area contributed by atoms with Crippen molar-refractivity contribution in [1.82, 2.24) is 14.8 Å². The predicted molar refractivity (Wildman–Crippen MR) is 82.6 cm³/mol. The Morgan fingerprint density at radius 3 is 2.77 bits per heavy atom. The van der Waals surface area contributed by atoms with Gasteiger partial charge in [0.05, 0.1) is 17.5 Å². The third-order valence-electron chi connectivity index (χ3n) is 3.31. The highest BCUT2D eigenvalue weighted by atomic mass is 16.3. The Labute approximate surface area is 127 Å². The maximum atomic E-state index is 12.2. The highest BCUT2D eigenvalue weighted by molar-refractivity contribution is 6.04. The summed E-state index contributed by atoms with van der Waals surface area (Å²) in [6, 6.07) is 5.63. The van der Waals surface area contributed by atoms with Crippen LogP contribution in [0.1, 0.15) is 21.6 Å². The molecular weight excluding hydrogens is 280 g/mol. The SMILES string of the molecule is Cc1coc(-c2cc(NC(=O)c3cnn(C)c3)ccc2C)n1. The molecule has 112 valence electrons. The highest BCUT2D eigenvalue weighted by Gasteiger charge is 2.12. The quantitative estimate of drug-likeness (QED) is 0.806. The van der Waals surface area contributed by atoms with E-state index in [4.69, 9.17) is 4.42 Å². The van der Waals surface area contributed by atoms with E-state index in [1.807, 2.05) is 32.0 Å². The van der Waals surface area contributed by atoms with Gasteiger partial charge in [0.15, 0.2) is 0 Å². The molecule has 1 N–H and O–H groups in total. The van der Waals surface area contributed by atoms with Gasteiger partial charge >= 0.3 is 0 Å². The van der Waals surface area contributed by atoms with Crippen LogP contribution in [-0.4, -0.2) is 20.7 Å². The second-order valence-electron chi connectivity index (χ2n) is 5.18. The van der Waals surface area contributed by atoms with Crippen LogP contribution in [0.25, 0.3) is 11.5 Å². The first-order valence-corrected chi connectivity index (χ1v) is 6.86. The molecule has 0 atom stereocenters. The Morgan fingerprint density at radius 1 is 1.32 bits per heavy atom.